The molecule has 64 heavy (non-hydrogen) atoms. The number of aromatic nitrogens is 1. The molecule has 6 heterocycles. The van der Waals surface area contributed by atoms with E-state index in [1.165, 1.54) is 12.3 Å². The smallest absolute Gasteiger partial charge is 0.343 e. The Kier molecular flexibility index (Phi) is 15.5. The molecule has 346 valence electrons. The SMILES string of the molecule is N#C[C@@H]1CC(F)(F)CN1C(=O)CNC(=O)c1ccnc2ccc(OCCCN3CCN(C(=O)CN4CCN5CCN6CCN(CC4)CC(=O)ON(COC(=O)C5)OC(=O)C6)CC3)cc12. The third kappa shape index (κ3) is 12.8. The van der Waals surface area contributed by atoms with Crippen molar-refractivity contribution >= 4 is 46.5 Å². The van der Waals surface area contributed by atoms with Gasteiger partial charge < -0.3 is 34.3 Å². The molecule has 4 unspecified atom stereocenters. The average molecular weight is 898 g/mol. The Morgan fingerprint density at radius 1 is 0.828 bits per heavy atom. The molecule has 7 rings (SSSR count). The fourth-order valence-corrected chi connectivity index (χ4v) is 8.24. The zero-order valence-electron chi connectivity index (χ0n) is 35.5. The molecule has 5 atom stereocenters. The highest BCUT2D eigenvalue weighted by Crippen LogP contribution is 2.31. The number of rotatable bonds is 10. The predicted octanol–water partition coefficient (Wildman–Crippen LogP) is -1.39. The quantitative estimate of drug-likeness (QED) is 0.215. The molecule has 3 amide bonds. The molecule has 2 aromatic rings. The van der Waals surface area contributed by atoms with Gasteiger partial charge in [-0.15, -0.1) is 0 Å². The second-order valence-electron chi connectivity index (χ2n) is 16.4. The van der Waals surface area contributed by atoms with E-state index in [2.05, 4.69) is 15.2 Å². The van der Waals surface area contributed by atoms with Crippen LogP contribution in [0.2, 0.25) is 0 Å². The van der Waals surface area contributed by atoms with Crippen LogP contribution in [0.5, 0.6) is 5.75 Å². The summed E-state index contributed by atoms with van der Waals surface area (Å²) in [6.45, 7) is 5.39. The van der Waals surface area contributed by atoms with Gasteiger partial charge in [-0.05, 0) is 30.7 Å². The van der Waals surface area contributed by atoms with Crippen LogP contribution in [-0.2, 0) is 38.4 Å². The molecule has 1 N–H and O–H groups in total. The third-order valence-corrected chi connectivity index (χ3v) is 11.8. The molecule has 0 radical (unpaired) electrons. The number of likely N-dealkylation sites (tertiary alicyclic amines) is 1. The van der Waals surface area contributed by atoms with Gasteiger partial charge in [-0.3, -0.25) is 48.7 Å². The van der Waals surface area contributed by atoms with E-state index in [0.717, 1.165) is 11.4 Å². The van der Waals surface area contributed by atoms with Crippen molar-refractivity contribution in [3.63, 3.8) is 0 Å². The van der Waals surface area contributed by atoms with E-state index in [0.29, 0.717) is 113 Å². The van der Waals surface area contributed by atoms with Gasteiger partial charge in [-0.25, -0.2) is 18.4 Å². The number of nitrogens with one attached hydrogen (secondary N) is 1. The number of carbonyl (C=O) groups is 6. The van der Waals surface area contributed by atoms with Crippen molar-refractivity contribution < 1.29 is 56.7 Å². The summed E-state index contributed by atoms with van der Waals surface area (Å²) in [6.07, 6.45) is 1.40. The van der Waals surface area contributed by atoms with Crippen LogP contribution in [0, 0.1) is 11.3 Å². The second-order valence-corrected chi connectivity index (χ2v) is 16.4. The summed E-state index contributed by atoms with van der Waals surface area (Å²) >= 11 is 0. The first-order valence-electron chi connectivity index (χ1n) is 21.4. The van der Waals surface area contributed by atoms with Gasteiger partial charge in [0.15, 0.2) is 0 Å². The van der Waals surface area contributed by atoms with Gasteiger partial charge in [0.1, 0.15) is 11.8 Å². The number of nitrogens with zero attached hydrogens (tertiary/aromatic N) is 10. The number of ether oxygens (including phenoxy) is 2. The van der Waals surface area contributed by atoms with Crippen LogP contribution in [0.4, 0.5) is 8.78 Å². The van der Waals surface area contributed by atoms with Crippen LogP contribution < -0.4 is 10.1 Å². The van der Waals surface area contributed by atoms with Gasteiger partial charge in [-0.1, -0.05) is 0 Å². The van der Waals surface area contributed by atoms with Crippen molar-refractivity contribution in [2.45, 2.75) is 24.8 Å². The number of hydroxylamine groups is 2. The molecule has 5 aliphatic rings. The van der Waals surface area contributed by atoms with E-state index in [4.69, 9.17) is 19.1 Å². The molecule has 4 bridgehead atoms. The average Bonchev–Trinajstić information content (AvgIpc) is 3.59. The first kappa shape index (κ1) is 46.4. The lowest BCUT2D eigenvalue weighted by Crippen LogP contribution is -2.53. The van der Waals surface area contributed by atoms with Crippen molar-refractivity contribution in [2.24, 2.45) is 0 Å². The number of nitriles is 1. The summed E-state index contributed by atoms with van der Waals surface area (Å²) in [6, 6.07) is 7.10. The van der Waals surface area contributed by atoms with E-state index in [9.17, 15) is 42.8 Å². The van der Waals surface area contributed by atoms with Crippen LogP contribution in [0.1, 0.15) is 23.2 Å². The highest BCUT2D eigenvalue weighted by molar-refractivity contribution is 6.07. The number of alkyl halides is 2. The van der Waals surface area contributed by atoms with E-state index in [1.54, 1.807) is 24.3 Å². The molecule has 0 spiro atoms. The standard InChI is InChI=1S/C41H53F2N11O10/c42-41(43)21-30(22-44)53(28-41)35(55)23-46-40(60)32-4-5-45-34-3-2-31(20-33(32)34)61-19-1-6-47-15-17-52(18-16-47)36(56)24-48-7-9-49-11-12-51-14-13-50(10-8-48)26-38(58)63-54(64-39(59)27-51)29-62-37(57)25-49/h2-5,20,30H,1,6-19,21,23-29H2,(H,46,60)/t30-/m0/s1. The number of amides is 3. The summed E-state index contributed by atoms with van der Waals surface area (Å²) in [4.78, 5) is 105. The molecule has 23 heteroatoms. The first-order valence-corrected chi connectivity index (χ1v) is 21.4. The van der Waals surface area contributed by atoms with Gasteiger partial charge in [0, 0.05) is 103 Å². The zero-order chi connectivity index (χ0) is 45.2. The fraction of sp³-hybridized carbons (Fsp3) is 0.610. The number of carbonyl (C=O) groups excluding carboxylic acids is 6. The maximum Gasteiger partial charge on any atom is 0.343 e. The maximum absolute atomic E-state index is 13.8. The maximum atomic E-state index is 13.8. The van der Waals surface area contributed by atoms with Crippen LogP contribution in [-0.4, -0.2) is 230 Å². The number of hydrogen-bond donors (Lipinski definition) is 1. The lowest BCUT2D eigenvalue weighted by atomic mass is 10.1. The van der Waals surface area contributed by atoms with Crippen LogP contribution in [0.15, 0.2) is 30.5 Å². The normalized spacial score (nSPS) is 26.2. The number of fused-ring (bicyclic) bond motifs is 8. The Bertz CT molecular complexity index is 2090. The lowest BCUT2D eigenvalue weighted by molar-refractivity contribution is -0.348. The monoisotopic (exact) mass is 897 g/mol. The summed E-state index contributed by atoms with van der Waals surface area (Å²) < 4.78 is 39.0. The summed E-state index contributed by atoms with van der Waals surface area (Å²) in [5.74, 6) is -5.93. The Morgan fingerprint density at radius 2 is 1.45 bits per heavy atom. The minimum Gasteiger partial charge on any atom is -0.494 e. The van der Waals surface area contributed by atoms with E-state index >= 15 is 0 Å². The minimum absolute atomic E-state index is 0.0115. The minimum atomic E-state index is -3.16. The Labute approximate surface area is 368 Å². The molecule has 0 aliphatic carbocycles. The second kappa shape index (κ2) is 21.4. The first-order chi connectivity index (χ1) is 30.8. The number of piperazine rings is 1. The summed E-state index contributed by atoms with van der Waals surface area (Å²) in [5.41, 5.74) is 0.739. The molecule has 1 aromatic heterocycles. The van der Waals surface area contributed by atoms with Crippen LogP contribution >= 0.6 is 0 Å². The van der Waals surface area contributed by atoms with Crippen molar-refractivity contribution in [3.05, 3.63) is 36.0 Å². The number of benzene rings is 1. The molecule has 1 aromatic carbocycles. The highest BCUT2D eigenvalue weighted by Gasteiger charge is 2.47. The van der Waals surface area contributed by atoms with Gasteiger partial charge in [0.2, 0.25) is 18.5 Å². The van der Waals surface area contributed by atoms with Gasteiger partial charge in [0.25, 0.3) is 11.8 Å². The summed E-state index contributed by atoms with van der Waals surface area (Å²) in [5, 5.41) is 12.8. The largest absolute Gasteiger partial charge is 0.494 e. The highest BCUT2D eigenvalue weighted by atomic mass is 19.3. The number of esters is 1. The number of pyridine rings is 1. The van der Waals surface area contributed by atoms with Crippen molar-refractivity contribution in [2.75, 3.05) is 138 Å². The van der Waals surface area contributed by atoms with Gasteiger partial charge in [0.05, 0.1) is 68.3 Å². The van der Waals surface area contributed by atoms with E-state index in [1.807, 2.05) is 24.5 Å². The topological polar surface area (TPSA) is 214 Å². The van der Waals surface area contributed by atoms with Crippen molar-refractivity contribution in [1.29, 1.82) is 5.26 Å². The zero-order valence-corrected chi connectivity index (χ0v) is 35.5. The molecular formula is C41H53F2N11O10. The van der Waals surface area contributed by atoms with Gasteiger partial charge >= 0.3 is 17.9 Å². The number of halogens is 2. The Hall–Kier alpha value is -5.64. The molecule has 5 saturated heterocycles. The number of cyclic esters (lactones) is 1. The van der Waals surface area contributed by atoms with E-state index in [-0.39, 0.29) is 37.6 Å². The predicted molar refractivity (Wildman–Crippen MR) is 219 cm³/mol. The fourth-order valence-electron chi connectivity index (χ4n) is 8.24. The van der Waals surface area contributed by atoms with Gasteiger partial charge in [-0.2, -0.15) is 5.26 Å². The Balaban J connectivity index is 0.872. The number of hydrogen-bond acceptors (Lipinski definition) is 18. The molecule has 5 aliphatic heterocycles. The molecular weight excluding hydrogens is 845 g/mol. The van der Waals surface area contributed by atoms with Crippen LogP contribution in [0.3, 0.4) is 0 Å². The lowest BCUT2D eigenvalue weighted by Gasteiger charge is -2.37. The molecule has 5 fully saturated rings. The van der Waals surface area contributed by atoms with Crippen molar-refractivity contribution in [3.8, 4) is 11.8 Å². The summed E-state index contributed by atoms with van der Waals surface area (Å²) in [7, 11) is 0. The van der Waals surface area contributed by atoms with Crippen LogP contribution in [0.25, 0.3) is 10.9 Å². The Morgan fingerprint density at radius 3 is 2.11 bits per heavy atom. The van der Waals surface area contributed by atoms with Crippen molar-refractivity contribution in [1.82, 2.24) is 49.8 Å². The molecule has 0 saturated carbocycles. The third-order valence-electron chi connectivity index (χ3n) is 11.8. The van der Waals surface area contributed by atoms with E-state index < -0.39 is 67.9 Å². The molecule has 21 nitrogen and oxygen atoms in total.